The molecule has 10 heteroatoms. The number of carbonyl (C=O) groups is 1. The SMILES string of the molecule is O=C(c1nn(-c2ccccc2F)c2c1CCC2)N1CCN(S(=O)(=O)c2ccccc2F)CC1. The number of para-hydroxylation sites is 1. The Balaban J connectivity index is 1.37. The minimum absolute atomic E-state index is 0.0542. The summed E-state index contributed by atoms with van der Waals surface area (Å²) in [6, 6.07) is 11.6. The van der Waals surface area contributed by atoms with Crippen molar-refractivity contribution in [2.24, 2.45) is 0 Å². The molecule has 2 aromatic carbocycles. The zero-order valence-corrected chi connectivity index (χ0v) is 18.6. The topological polar surface area (TPSA) is 75.5 Å². The van der Waals surface area contributed by atoms with Crippen molar-refractivity contribution in [3.8, 4) is 5.69 Å². The van der Waals surface area contributed by atoms with Gasteiger partial charge in [-0.3, -0.25) is 4.79 Å². The van der Waals surface area contributed by atoms with Crippen LogP contribution in [0.15, 0.2) is 53.4 Å². The van der Waals surface area contributed by atoms with Gasteiger partial charge in [-0.15, -0.1) is 0 Å². The molecule has 2 aliphatic rings. The lowest BCUT2D eigenvalue weighted by molar-refractivity contribution is 0.0690. The third kappa shape index (κ3) is 3.72. The molecule has 0 N–H and O–H groups in total. The predicted molar refractivity (Wildman–Crippen MR) is 117 cm³/mol. The van der Waals surface area contributed by atoms with Crippen LogP contribution in [0.25, 0.3) is 5.69 Å². The summed E-state index contributed by atoms with van der Waals surface area (Å²) >= 11 is 0. The maximum absolute atomic E-state index is 14.4. The lowest BCUT2D eigenvalue weighted by atomic mass is 10.1. The first-order valence-electron chi connectivity index (χ1n) is 10.8. The minimum Gasteiger partial charge on any atom is -0.335 e. The van der Waals surface area contributed by atoms with Gasteiger partial charge >= 0.3 is 0 Å². The van der Waals surface area contributed by atoms with E-state index in [0.717, 1.165) is 23.7 Å². The van der Waals surface area contributed by atoms with Crippen LogP contribution in [-0.4, -0.2) is 59.5 Å². The van der Waals surface area contributed by atoms with E-state index < -0.39 is 21.7 Å². The van der Waals surface area contributed by atoms with Gasteiger partial charge < -0.3 is 4.90 Å². The van der Waals surface area contributed by atoms with E-state index in [2.05, 4.69) is 5.10 Å². The number of carbonyl (C=O) groups excluding carboxylic acids is 1. The zero-order chi connectivity index (χ0) is 23.2. The van der Waals surface area contributed by atoms with Crippen molar-refractivity contribution in [3.63, 3.8) is 0 Å². The van der Waals surface area contributed by atoms with Crippen molar-refractivity contribution in [2.45, 2.75) is 24.2 Å². The maximum atomic E-state index is 14.4. The highest BCUT2D eigenvalue weighted by Gasteiger charge is 2.35. The number of sulfonamides is 1. The van der Waals surface area contributed by atoms with Gasteiger partial charge in [-0.1, -0.05) is 24.3 Å². The van der Waals surface area contributed by atoms with Gasteiger partial charge in [-0.25, -0.2) is 21.9 Å². The van der Waals surface area contributed by atoms with Crippen LogP contribution in [0.3, 0.4) is 0 Å². The van der Waals surface area contributed by atoms with E-state index in [1.807, 2.05) is 0 Å². The van der Waals surface area contributed by atoms with Crippen LogP contribution in [0.1, 0.15) is 28.2 Å². The van der Waals surface area contributed by atoms with Gasteiger partial charge in [0.25, 0.3) is 5.91 Å². The summed E-state index contributed by atoms with van der Waals surface area (Å²) < 4.78 is 56.8. The molecule has 7 nitrogen and oxygen atoms in total. The molecule has 0 spiro atoms. The molecule has 2 heterocycles. The number of halogens is 2. The van der Waals surface area contributed by atoms with Gasteiger partial charge in [0.1, 0.15) is 22.2 Å². The molecule has 3 aromatic rings. The normalized spacial score (nSPS) is 16.7. The van der Waals surface area contributed by atoms with Crippen molar-refractivity contribution >= 4 is 15.9 Å². The van der Waals surface area contributed by atoms with Crippen LogP contribution in [-0.2, 0) is 22.9 Å². The number of piperazine rings is 1. The number of benzene rings is 2. The third-order valence-electron chi connectivity index (χ3n) is 6.19. The van der Waals surface area contributed by atoms with E-state index in [1.54, 1.807) is 23.1 Å². The van der Waals surface area contributed by atoms with E-state index in [9.17, 15) is 22.0 Å². The number of aromatic nitrogens is 2. The van der Waals surface area contributed by atoms with Crippen molar-refractivity contribution in [1.29, 1.82) is 0 Å². The molecule has 1 aliphatic carbocycles. The van der Waals surface area contributed by atoms with Crippen LogP contribution in [0.5, 0.6) is 0 Å². The largest absolute Gasteiger partial charge is 0.335 e. The summed E-state index contributed by atoms with van der Waals surface area (Å²) in [5, 5.41) is 4.47. The Morgan fingerprint density at radius 1 is 0.879 bits per heavy atom. The second-order valence-corrected chi connectivity index (χ2v) is 10.0. The standard InChI is InChI=1S/C23H22F2N4O3S/c24-17-7-1-3-9-20(17)29-19-10-5-6-16(19)22(26-29)23(30)27-12-14-28(15-13-27)33(31,32)21-11-4-2-8-18(21)25/h1-4,7-9,11H,5-6,10,12-15H2. The number of fused-ring (bicyclic) bond motifs is 1. The second-order valence-electron chi connectivity index (χ2n) is 8.12. The van der Waals surface area contributed by atoms with Gasteiger partial charge in [0.15, 0.2) is 5.69 Å². The quantitative estimate of drug-likeness (QED) is 0.585. The molecule has 0 saturated carbocycles. The molecule has 0 bridgehead atoms. The van der Waals surface area contributed by atoms with Crippen LogP contribution in [0.2, 0.25) is 0 Å². The molecule has 33 heavy (non-hydrogen) atoms. The lowest BCUT2D eigenvalue weighted by Crippen LogP contribution is -2.50. The summed E-state index contributed by atoms with van der Waals surface area (Å²) in [4.78, 5) is 14.5. The first-order chi connectivity index (χ1) is 15.9. The number of hydrogen-bond acceptors (Lipinski definition) is 4. The van der Waals surface area contributed by atoms with Gasteiger partial charge in [0.05, 0.1) is 0 Å². The summed E-state index contributed by atoms with van der Waals surface area (Å²) in [6.45, 7) is 0.429. The second kappa shape index (κ2) is 8.35. The molecule has 1 fully saturated rings. The van der Waals surface area contributed by atoms with Gasteiger partial charge in [-0.05, 0) is 43.5 Å². The molecule has 1 saturated heterocycles. The molecule has 172 valence electrons. The number of amides is 1. The highest BCUT2D eigenvalue weighted by molar-refractivity contribution is 7.89. The number of nitrogens with zero attached hydrogens (tertiary/aromatic N) is 4. The van der Waals surface area contributed by atoms with Crippen molar-refractivity contribution in [2.75, 3.05) is 26.2 Å². The maximum Gasteiger partial charge on any atom is 0.274 e. The summed E-state index contributed by atoms with van der Waals surface area (Å²) in [5.74, 6) is -1.52. The molecular weight excluding hydrogens is 450 g/mol. The average Bonchev–Trinajstić information content (AvgIpc) is 3.42. The smallest absolute Gasteiger partial charge is 0.274 e. The zero-order valence-electron chi connectivity index (χ0n) is 17.7. The molecule has 0 atom stereocenters. The Morgan fingerprint density at radius 3 is 2.24 bits per heavy atom. The average molecular weight is 473 g/mol. The highest BCUT2D eigenvalue weighted by atomic mass is 32.2. The Morgan fingerprint density at radius 2 is 1.55 bits per heavy atom. The van der Waals surface area contributed by atoms with E-state index in [-0.39, 0.29) is 42.7 Å². The molecule has 5 rings (SSSR count). The first-order valence-corrected chi connectivity index (χ1v) is 12.2. The van der Waals surface area contributed by atoms with Crippen molar-refractivity contribution in [1.82, 2.24) is 19.0 Å². The minimum atomic E-state index is -3.99. The van der Waals surface area contributed by atoms with E-state index in [4.69, 9.17) is 0 Å². The number of rotatable bonds is 4. The fourth-order valence-electron chi connectivity index (χ4n) is 4.51. The summed E-state index contributed by atoms with van der Waals surface area (Å²) in [6.07, 6.45) is 2.25. The Labute approximate surface area is 190 Å². The van der Waals surface area contributed by atoms with E-state index >= 15 is 0 Å². The van der Waals surface area contributed by atoms with Gasteiger partial charge in [0, 0.05) is 37.4 Å². The molecular formula is C23H22F2N4O3S. The molecule has 1 aromatic heterocycles. The molecule has 1 amide bonds. The molecule has 0 radical (unpaired) electrons. The fraction of sp³-hybridized carbons (Fsp3) is 0.304. The Hall–Kier alpha value is -3.11. The third-order valence-corrected chi connectivity index (χ3v) is 8.13. The van der Waals surface area contributed by atoms with Crippen LogP contribution in [0, 0.1) is 11.6 Å². The van der Waals surface area contributed by atoms with Crippen LogP contribution < -0.4 is 0 Å². The lowest BCUT2D eigenvalue weighted by Gasteiger charge is -2.33. The van der Waals surface area contributed by atoms with E-state index in [1.165, 1.54) is 33.3 Å². The van der Waals surface area contributed by atoms with Gasteiger partial charge in [0.2, 0.25) is 10.0 Å². The van der Waals surface area contributed by atoms with E-state index in [0.29, 0.717) is 18.5 Å². The predicted octanol–water partition coefficient (Wildman–Crippen LogP) is 2.79. The highest BCUT2D eigenvalue weighted by Crippen LogP contribution is 2.30. The van der Waals surface area contributed by atoms with Crippen LogP contribution >= 0.6 is 0 Å². The number of hydrogen-bond donors (Lipinski definition) is 0. The summed E-state index contributed by atoms with van der Waals surface area (Å²) in [5.41, 5.74) is 2.25. The Bertz CT molecular complexity index is 1330. The fourth-order valence-corrected chi connectivity index (χ4v) is 5.99. The monoisotopic (exact) mass is 472 g/mol. The molecule has 1 aliphatic heterocycles. The van der Waals surface area contributed by atoms with Gasteiger partial charge in [-0.2, -0.15) is 9.40 Å². The molecule has 0 unspecified atom stereocenters. The van der Waals surface area contributed by atoms with Crippen molar-refractivity contribution in [3.05, 3.63) is 77.1 Å². The summed E-state index contributed by atoms with van der Waals surface area (Å²) in [7, 11) is -3.99. The van der Waals surface area contributed by atoms with Crippen LogP contribution in [0.4, 0.5) is 8.78 Å². The first kappa shape index (κ1) is 21.7. The Kier molecular flexibility index (Phi) is 5.49. The van der Waals surface area contributed by atoms with Crippen molar-refractivity contribution < 1.29 is 22.0 Å².